The average molecular weight is 430 g/mol. The van der Waals surface area contributed by atoms with E-state index in [2.05, 4.69) is 37.0 Å². The van der Waals surface area contributed by atoms with E-state index >= 15 is 0 Å². The molecule has 8 heteroatoms. The molecule has 0 atom stereocenters. The van der Waals surface area contributed by atoms with E-state index in [-0.39, 0.29) is 24.0 Å². The van der Waals surface area contributed by atoms with Crippen LogP contribution >= 0.6 is 24.0 Å². The molecule has 126 valence electrons. The lowest BCUT2D eigenvalue weighted by molar-refractivity contribution is 0.469. The van der Waals surface area contributed by atoms with Gasteiger partial charge in [0.15, 0.2) is 11.7 Å². The minimum atomic E-state index is 0. The Hall–Kier alpha value is -1.84. The SMILES string of the molecule is C=CCCCN(C)C(=NC)NCc1nc(-c2ccco2)n[nH]1.I. The van der Waals surface area contributed by atoms with Crippen molar-refractivity contribution in [2.75, 3.05) is 20.6 Å². The zero-order chi connectivity index (χ0) is 15.8. The molecule has 2 N–H and O–H groups in total. The Morgan fingerprint density at radius 2 is 2.39 bits per heavy atom. The van der Waals surface area contributed by atoms with Crippen LogP contribution in [-0.4, -0.2) is 46.7 Å². The first-order valence-electron chi connectivity index (χ1n) is 7.22. The zero-order valence-electron chi connectivity index (χ0n) is 13.5. The number of H-pyrrole nitrogens is 1. The third kappa shape index (κ3) is 5.70. The van der Waals surface area contributed by atoms with E-state index in [1.165, 1.54) is 0 Å². The summed E-state index contributed by atoms with van der Waals surface area (Å²) < 4.78 is 5.27. The van der Waals surface area contributed by atoms with Gasteiger partial charge in [0.25, 0.3) is 0 Å². The second kappa shape index (κ2) is 10.0. The molecule has 2 aromatic rings. The predicted octanol–water partition coefficient (Wildman–Crippen LogP) is 2.66. The van der Waals surface area contributed by atoms with E-state index in [9.17, 15) is 0 Å². The van der Waals surface area contributed by atoms with Crippen LogP contribution in [0.25, 0.3) is 11.6 Å². The van der Waals surface area contributed by atoms with Gasteiger partial charge in [-0.3, -0.25) is 10.1 Å². The molecule has 0 aliphatic heterocycles. The smallest absolute Gasteiger partial charge is 0.216 e. The summed E-state index contributed by atoms with van der Waals surface area (Å²) in [7, 11) is 3.77. The van der Waals surface area contributed by atoms with Gasteiger partial charge < -0.3 is 14.6 Å². The van der Waals surface area contributed by atoms with Crippen molar-refractivity contribution in [3.63, 3.8) is 0 Å². The molecule has 0 aliphatic rings. The summed E-state index contributed by atoms with van der Waals surface area (Å²) in [6.07, 6.45) is 5.57. The summed E-state index contributed by atoms with van der Waals surface area (Å²) in [5.74, 6) is 2.75. The van der Waals surface area contributed by atoms with Gasteiger partial charge in [-0.25, -0.2) is 4.98 Å². The predicted molar refractivity (Wildman–Crippen MR) is 102 cm³/mol. The molecule has 0 saturated heterocycles. The summed E-state index contributed by atoms with van der Waals surface area (Å²) in [5.41, 5.74) is 0. The highest BCUT2D eigenvalue weighted by atomic mass is 127. The van der Waals surface area contributed by atoms with Crippen molar-refractivity contribution in [1.82, 2.24) is 25.4 Å². The van der Waals surface area contributed by atoms with Crippen LogP contribution < -0.4 is 5.32 Å². The van der Waals surface area contributed by atoms with Gasteiger partial charge in [-0.15, -0.1) is 35.7 Å². The minimum Gasteiger partial charge on any atom is -0.461 e. The fraction of sp³-hybridized carbons (Fsp3) is 0.400. The third-order valence-electron chi connectivity index (χ3n) is 3.16. The summed E-state index contributed by atoms with van der Waals surface area (Å²) in [6.45, 7) is 5.17. The van der Waals surface area contributed by atoms with Crippen molar-refractivity contribution >= 4 is 29.9 Å². The Morgan fingerprint density at radius 1 is 1.57 bits per heavy atom. The first-order valence-corrected chi connectivity index (χ1v) is 7.22. The molecule has 0 radical (unpaired) electrons. The molecule has 7 nitrogen and oxygen atoms in total. The molecular formula is C15H23IN6O. The van der Waals surface area contributed by atoms with Crippen LogP contribution in [0.3, 0.4) is 0 Å². The Balaban J connectivity index is 0.00000264. The molecule has 0 bridgehead atoms. The zero-order valence-corrected chi connectivity index (χ0v) is 15.8. The second-order valence-electron chi connectivity index (χ2n) is 4.84. The third-order valence-corrected chi connectivity index (χ3v) is 3.16. The number of unbranched alkanes of at least 4 members (excludes halogenated alkanes) is 1. The number of aromatic nitrogens is 3. The molecule has 0 aromatic carbocycles. The van der Waals surface area contributed by atoms with Gasteiger partial charge in [-0.2, -0.15) is 0 Å². The first kappa shape index (κ1) is 19.2. The van der Waals surface area contributed by atoms with E-state index in [0.717, 1.165) is 31.2 Å². The van der Waals surface area contributed by atoms with Crippen molar-refractivity contribution in [2.45, 2.75) is 19.4 Å². The van der Waals surface area contributed by atoms with Gasteiger partial charge in [0.1, 0.15) is 5.82 Å². The van der Waals surface area contributed by atoms with E-state index < -0.39 is 0 Å². The molecule has 2 aromatic heterocycles. The molecule has 0 spiro atoms. The van der Waals surface area contributed by atoms with Gasteiger partial charge in [0.2, 0.25) is 5.82 Å². The standard InChI is InChI=1S/C15H22N6O.HI/c1-4-5-6-9-21(3)15(16-2)17-11-13-18-14(20-19-13)12-8-7-10-22-12;/h4,7-8,10H,1,5-6,9,11H2,2-3H3,(H,16,17)(H,18,19,20);1H. The number of rotatable bonds is 7. The molecule has 2 rings (SSSR count). The summed E-state index contributed by atoms with van der Waals surface area (Å²) in [4.78, 5) is 10.7. The first-order chi connectivity index (χ1) is 10.7. The number of guanidine groups is 1. The van der Waals surface area contributed by atoms with Crippen LogP contribution in [0.5, 0.6) is 0 Å². The summed E-state index contributed by atoms with van der Waals surface area (Å²) in [6, 6.07) is 3.64. The molecule has 23 heavy (non-hydrogen) atoms. The number of halogens is 1. The highest BCUT2D eigenvalue weighted by Gasteiger charge is 2.10. The summed E-state index contributed by atoms with van der Waals surface area (Å²) >= 11 is 0. The Bertz CT molecular complexity index is 607. The number of aliphatic imine (C=N–C) groups is 1. The molecular weight excluding hydrogens is 407 g/mol. The van der Waals surface area contributed by atoms with Crippen molar-refractivity contribution < 1.29 is 4.42 Å². The number of allylic oxidation sites excluding steroid dienone is 1. The van der Waals surface area contributed by atoms with Crippen LogP contribution in [0.2, 0.25) is 0 Å². The van der Waals surface area contributed by atoms with Crippen LogP contribution in [0, 0.1) is 0 Å². The molecule has 2 heterocycles. The number of hydrogen-bond acceptors (Lipinski definition) is 4. The van der Waals surface area contributed by atoms with Crippen molar-refractivity contribution in [2.24, 2.45) is 4.99 Å². The van der Waals surface area contributed by atoms with Gasteiger partial charge in [-0.1, -0.05) is 6.08 Å². The van der Waals surface area contributed by atoms with E-state index in [1.807, 2.05) is 25.3 Å². The topological polar surface area (TPSA) is 82.3 Å². The molecule has 0 aliphatic carbocycles. The Kier molecular flexibility index (Phi) is 8.38. The lowest BCUT2D eigenvalue weighted by atomic mass is 10.3. The molecule has 0 amide bonds. The molecule has 0 fully saturated rings. The van der Waals surface area contributed by atoms with Crippen LogP contribution in [0.1, 0.15) is 18.7 Å². The fourth-order valence-electron chi connectivity index (χ4n) is 2.02. The van der Waals surface area contributed by atoms with Crippen molar-refractivity contribution in [3.8, 4) is 11.6 Å². The van der Waals surface area contributed by atoms with Crippen LogP contribution in [0.15, 0.2) is 40.5 Å². The van der Waals surface area contributed by atoms with Gasteiger partial charge in [-0.05, 0) is 25.0 Å². The summed E-state index contributed by atoms with van der Waals surface area (Å²) in [5, 5.41) is 10.3. The van der Waals surface area contributed by atoms with Gasteiger partial charge in [0, 0.05) is 20.6 Å². The Morgan fingerprint density at radius 3 is 3.04 bits per heavy atom. The van der Waals surface area contributed by atoms with Crippen molar-refractivity contribution in [3.05, 3.63) is 36.9 Å². The maximum absolute atomic E-state index is 5.27. The number of hydrogen-bond donors (Lipinski definition) is 2. The van der Waals surface area contributed by atoms with E-state index in [4.69, 9.17) is 4.42 Å². The minimum absolute atomic E-state index is 0. The molecule has 0 unspecified atom stereocenters. The quantitative estimate of drug-likeness (QED) is 0.232. The molecule has 0 saturated carbocycles. The second-order valence-corrected chi connectivity index (χ2v) is 4.84. The van der Waals surface area contributed by atoms with Crippen LogP contribution in [0.4, 0.5) is 0 Å². The Labute approximate surface area is 153 Å². The van der Waals surface area contributed by atoms with Gasteiger partial charge >= 0.3 is 0 Å². The largest absolute Gasteiger partial charge is 0.461 e. The monoisotopic (exact) mass is 430 g/mol. The number of nitrogens with zero attached hydrogens (tertiary/aromatic N) is 4. The maximum atomic E-state index is 5.27. The number of aromatic amines is 1. The van der Waals surface area contributed by atoms with E-state index in [1.54, 1.807) is 13.3 Å². The lowest BCUT2D eigenvalue weighted by Crippen LogP contribution is -2.39. The van der Waals surface area contributed by atoms with E-state index in [0.29, 0.717) is 18.1 Å². The number of furan rings is 1. The van der Waals surface area contributed by atoms with Gasteiger partial charge in [0.05, 0.1) is 12.8 Å². The van der Waals surface area contributed by atoms with Crippen LogP contribution in [-0.2, 0) is 6.54 Å². The maximum Gasteiger partial charge on any atom is 0.216 e. The fourth-order valence-corrected chi connectivity index (χ4v) is 2.02. The number of nitrogens with one attached hydrogen (secondary N) is 2. The highest BCUT2D eigenvalue weighted by Crippen LogP contribution is 2.14. The lowest BCUT2D eigenvalue weighted by Gasteiger charge is -2.21. The van der Waals surface area contributed by atoms with Crippen molar-refractivity contribution in [1.29, 1.82) is 0 Å². The average Bonchev–Trinajstić information content (AvgIpc) is 3.19. The highest BCUT2D eigenvalue weighted by molar-refractivity contribution is 14.0. The normalized spacial score (nSPS) is 11.0.